The first-order chi connectivity index (χ1) is 8.58. The van der Waals surface area contributed by atoms with Crippen LogP contribution in [-0.4, -0.2) is 10.9 Å². The Labute approximate surface area is 108 Å². The second-order valence-electron chi connectivity index (χ2n) is 3.79. The molecule has 1 atom stereocenters. The van der Waals surface area contributed by atoms with Crippen molar-refractivity contribution >= 4 is 22.9 Å². The van der Waals surface area contributed by atoms with Crippen LogP contribution in [0.5, 0.6) is 0 Å². The molecule has 4 nitrogen and oxygen atoms in total. The molecular formula is C12H12FN3OS. The molecule has 0 saturated heterocycles. The number of amides is 1. The summed E-state index contributed by atoms with van der Waals surface area (Å²) in [7, 11) is 0. The molecule has 1 heterocycles. The Morgan fingerprint density at radius 1 is 1.50 bits per heavy atom. The zero-order valence-electron chi connectivity index (χ0n) is 9.68. The second-order valence-corrected chi connectivity index (χ2v) is 4.68. The first-order valence-electron chi connectivity index (χ1n) is 5.30. The van der Waals surface area contributed by atoms with E-state index in [1.54, 1.807) is 18.2 Å². The zero-order chi connectivity index (χ0) is 13.1. The number of aromatic nitrogens is 1. The maximum atomic E-state index is 13.5. The van der Waals surface area contributed by atoms with Crippen molar-refractivity contribution in [2.24, 2.45) is 5.73 Å². The Morgan fingerprint density at radius 2 is 2.22 bits per heavy atom. The molecule has 0 aliphatic rings. The molecule has 0 bridgehead atoms. The van der Waals surface area contributed by atoms with Gasteiger partial charge in [0.25, 0.3) is 0 Å². The van der Waals surface area contributed by atoms with Gasteiger partial charge in [-0.25, -0.2) is 9.37 Å². The van der Waals surface area contributed by atoms with Crippen LogP contribution >= 0.6 is 11.3 Å². The van der Waals surface area contributed by atoms with Crippen molar-refractivity contribution in [1.29, 1.82) is 0 Å². The highest BCUT2D eigenvalue weighted by atomic mass is 32.1. The van der Waals surface area contributed by atoms with E-state index in [2.05, 4.69) is 10.3 Å². The molecule has 0 fully saturated rings. The minimum atomic E-state index is -0.819. The van der Waals surface area contributed by atoms with Crippen LogP contribution in [0.2, 0.25) is 0 Å². The number of hydrogen-bond acceptors (Lipinski definition) is 4. The first-order valence-corrected chi connectivity index (χ1v) is 6.18. The highest BCUT2D eigenvalue weighted by Gasteiger charge is 2.21. The summed E-state index contributed by atoms with van der Waals surface area (Å²) in [5.74, 6) is -1.02. The van der Waals surface area contributed by atoms with Gasteiger partial charge in [0.1, 0.15) is 10.8 Å². The van der Waals surface area contributed by atoms with E-state index in [9.17, 15) is 9.18 Å². The van der Waals surface area contributed by atoms with Crippen LogP contribution in [0.1, 0.15) is 16.7 Å². The van der Waals surface area contributed by atoms with Gasteiger partial charge in [0, 0.05) is 11.1 Å². The molecule has 94 valence electrons. The number of nitrogens with zero attached hydrogens (tertiary/aromatic N) is 1. The molecule has 1 unspecified atom stereocenters. The van der Waals surface area contributed by atoms with Crippen LogP contribution in [0.15, 0.2) is 29.6 Å². The normalized spacial score (nSPS) is 12.1. The van der Waals surface area contributed by atoms with Crippen molar-refractivity contribution in [3.63, 3.8) is 0 Å². The minimum Gasteiger partial charge on any atom is -0.368 e. The van der Waals surface area contributed by atoms with E-state index in [1.165, 1.54) is 17.4 Å². The van der Waals surface area contributed by atoms with Crippen LogP contribution in [0.25, 0.3) is 0 Å². The minimum absolute atomic E-state index is 0.231. The van der Waals surface area contributed by atoms with Gasteiger partial charge in [0.15, 0.2) is 6.04 Å². The number of aryl methyl sites for hydroxylation is 1. The van der Waals surface area contributed by atoms with Gasteiger partial charge >= 0.3 is 0 Å². The molecule has 0 spiro atoms. The largest absolute Gasteiger partial charge is 0.368 e. The Bertz CT molecular complexity index is 570. The summed E-state index contributed by atoms with van der Waals surface area (Å²) in [6.07, 6.45) is 0. The lowest BCUT2D eigenvalue weighted by Gasteiger charge is -2.14. The van der Waals surface area contributed by atoms with Crippen LogP contribution in [-0.2, 0) is 4.79 Å². The van der Waals surface area contributed by atoms with Gasteiger partial charge in [-0.05, 0) is 19.1 Å². The Morgan fingerprint density at radius 3 is 2.78 bits per heavy atom. The van der Waals surface area contributed by atoms with Gasteiger partial charge in [0.05, 0.1) is 5.69 Å². The number of rotatable bonds is 4. The number of nitrogens with one attached hydrogen (secondary N) is 1. The number of halogens is 1. The van der Waals surface area contributed by atoms with Crippen molar-refractivity contribution in [3.05, 3.63) is 46.2 Å². The Hall–Kier alpha value is -1.95. The van der Waals surface area contributed by atoms with Crippen LogP contribution in [0.3, 0.4) is 0 Å². The lowest BCUT2D eigenvalue weighted by molar-refractivity contribution is -0.118. The number of carbonyl (C=O) groups is 1. The van der Waals surface area contributed by atoms with E-state index >= 15 is 0 Å². The summed E-state index contributed by atoms with van der Waals surface area (Å²) in [6.45, 7) is 1.82. The lowest BCUT2D eigenvalue weighted by atomic mass is 10.2. The number of nitrogens with two attached hydrogens (primary N) is 1. The van der Waals surface area contributed by atoms with E-state index in [-0.39, 0.29) is 5.69 Å². The highest BCUT2D eigenvalue weighted by Crippen LogP contribution is 2.24. The molecule has 3 N–H and O–H groups in total. The number of hydrogen-bond donors (Lipinski definition) is 2. The van der Waals surface area contributed by atoms with Gasteiger partial charge in [0.2, 0.25) is 5.91 Å². The summed E-state index contributed by atoms with van der Waals surface area (Å²) in [5.41, 5.74) is 6.35. The molecule has 0 aliphatic heterocycles. The Balaban J connectivity index is 2.28. The van der Waals surface area contributed by atoms with Crippen molar-refractivity contribution in [1.82, 2.24) is 4.98 Å². The summed E-state index contributed by atoms with van der Waals surface area (Å²) < 4.78 is 13.5. The third kappa shape index (κ3) is 2.65. The summed E-state index contributed by atoms with van der Waals surface area (Å²) in [5, 5.41) is 5.12. The van der Waals surface area contributed by atoms with E-state index in [0.29, 0.717) is 5.01 Å². The number of carbonyl (C=O) groups excluding carboxylic acids is 1. The van der Waals surface area contributed by atoms with Crippen LogP contribution in [0.4, 0.5) is 10.1 Å². The average molecular weight is 265 g/mol. The maximum absolute atomic E-state index is 13.5. The first kappa shape index (κ1) is 12.5. The third-order valence-electron chi connectivity index (χ3n) is 2.34. The molecule has 2 aromatic rings. The topological polar surface area (TPSA) is 68.0 Å². The van der Waals surface area contributed by atoms with Gasteiger partial charge in [-0.3, -0.25) is 4.79 Å². The smallest absolute Gasteiger partial charge is 0.247 e. The van der Waals surface area contributed by atoms with Crippen molar-refractivity contribution in [2.75, 3.05) is 5.32 Å². The molecule has 0 radical (unpaired) electrons. The maximum Gasteiger partial charge on any atom is 0.247 e. The number of anilines is 1. The van der Waals surface area contributed by atoms with Gasteiger partial charge in [-0.1, -0.05) is 12.1 Å². The molecule has 1 aromatic heterocycles. The van der Waals surface area contributed by atoms with E-state index in [1.807, 2.05) is 12.3 Å². The van der Waals surface area contributed by atoms with Crippen LogP contribution < -0.4 is 11.1 Å². The van der Waals surface area contributed by atoms with Crippen molar-refractivity contribution < 1.29 is 9.18 Å². The predicted octanol–water partition coefficient (Wildman–Crippen LogP) is 2.23. The molecule has 18 heavy (non-hydrogen) atoms. The number of thiazole rings is 1. The molecule has 0 aliphatic carbocycles. The number of para-hydroxylation sites is 1. The molecule has 1 amide bonds. The van der Waals surface area contributed by atoms with Gasteiger partial charge in [-0.2, -0.15) is 0 Å². The summed E-state index contributed by atoms with van der Waals surface area (Å²) in [6, 6.07) is 5.30. The SMILES string of the molecule is Cc1csc(C(Nc2ccccc2F)C(N)=O)n1. The molecule has 1 aromatic carbocycles. The molecule has 6 heteroatoms. The Kier molecular flexibility index (Phi) is 3.57. The monoisotopic (exact) mass is 265 g/mol. The molecule has 2 rings (SSSR count). The zero-order valence-corrected chi connectivity index (χ0v) is 10.5. The fourth-order valence-electron chi connectivity index (χ4n) is 1.49. The number of primary amides is 1. The average Bonchev–Trinajstić information content (AvgIpc) is 2.74. The second kappa shape index (κ2) is 5.14. The standard InChI is InChI=1S/C12H12FN3OS/c1-7-6-18-12(15-7)10(11(14)17)16-9-5-3-2-4-8(9)13/h2-6,10,16H,1H3,(H2,14,17). The lowest BCUT2D eigenvalue weighted by Crippen LogP contribution is -2.28. The van der Waals surface area contributed by atoms with Crippen molar-refractivity contribution in [2.45, 2.75) is 13.0 Å². The molecular weight excluding hydrogens is 253 g/mol. The van der Waals surface area contributed by atoms with E-state index in [4.69, 9.17) is 5.73 Å². The van der Waals surface area contributed by atoms with Crippen molar-refractivity contribution in [3.8, 4) is 0 Å². The fourth-order valence-corrected chi connectivity index (χ4v) is 2.34. The summed E-state index contributed by atoms with van der Waals surface area (Å²) >= 11 is 1.31. The van der Waals surface area contributed by atoms with E-state index in [0.717, 1.165) is 5.69 Å². The highest BCUT2D eigenvalue weighted by molar-refractivity contribution is 7.09. The molecule has 0 saturated carbocycles. The van der Waals surface area contributed by atoms with Gasteiger partial charge < -0.3 is 11.1 Å². The quantitative estimate of drug-likeness (QED) is 0.890. The van der Waals surface area contributed by atoms with E-state index < -0.39 is 17.8 Å². The predicted molar refractivity (Wildman–Crippen MR) is 68.8 cm³/mol. The van der Waals surface area contributed by atoms with Gasteiger partial charge in [-0.15, -0.1) is 11.3 Å². The fraction of sp³-hybridized carbons (Fsp3) is 0.167. The number of benzene rings is 1. The van der Waals surface area contributed by atoms with Crippen LogP contribution in [0, 0.1) is 12.7 Å². The summed E-state index contributed by atoms with van der Waals surface area (Å²) in [4.78, 5) is 15.6. The third-order valence-corrected chi connectivity index (χ3v) is 3.37.